The molecule has 0 heterocycles. The number of allylic oxidation sites excluding steroid dienone is 1. The molecule has 0 aromatic heterocycles. The highest BCUT2D eigenvalue weighted by molar-refractivity contribution is 7.84. The average molecular weight is 388 g/mol. The Morgan fingerprint density at radius 1 is 0.926 bits per heavy atom. The highest BCUT2D eigenvalue weighted by Crippen LogP contribution is 2.25. The minimum Gasteiger partial charge on any atom is -0.497 e. The predicted octanol–water partition coefficient (Wildman–Crippen LogP) is 4.72. The summed E-state index contributed by atoms with van der Waals surface area (Å²) in [5.41, 5.74) is 2.18. The Kier molecular flexibility index (Phi) is 7.63. The summed E-state index contributed by atoms with van der Waals surface area (Å²) in [6, 6.07) is 15.8. The molecule has 0 saturated carbocycles. The summed E-state index contributed by atoms with van der Waals surface area (Å²) < 4.78 is 25.4. The normalized spacial score (nSPS) is 12.6. The van der Waals surface area contributed by atoms with Crippen LogP contribution in [-0.4, -0.2) is 27.5 Å². The highest BCUT2D eigenvalue weighted by atomic mass is 32.2. The number of benzene rings is 2. The lowest BCUT2D eigenvalue weighted by Crippen LogP contribution is -2.38. The molecule has 0 amide bonds. The second kappa shape index (κ2) is 9.72. The van der Waals surface area contributed by atoms with E-state index in [1.807, 2.05) is 72.8 Å². The lowest BCUT2D eigenvalue weighted by Gasteiger charge is -2.31. The molecular weight excluding hydrogens is 358 g/mol. The summed E-state index contributed by atoms with van der Waals surface area (Å²) in [4.78, 5) is 0. The molecule has 5 heteroatoms. The van der Waals surface area contributed by atoms with Crippen molar-refractivity contribution in [1.82, 2.24) is 4.31 Å². The summed E-state index contributed by atoms with van der Waals surface area (Å²) in [5.74, 6) is 1.63. The van der Waals surface area contributed by atoms with Gasteiger partial charge in [0, 0.05) is 13.1 Å². The smallest absolute Gasteiger partial charge is 0.118 e. The lowest BCUT2D eigenvalue weighted by molar-refractivity contribution is 0.408. The van der Waals surface area contributed by atoms with Crippen LogP contribution in [0.1, 0.15) is 31.4 Å². The topological polar surface area (TPSA) is 38.8 Å². The zero-order valence-electron chi connectivity index (χ0n) is 16.6. The van der Waals surface area contributed by atoms with Crippen molar-refractivity contribution in [1.29, 1.82) is 0 Å². The maximum Gasteiger partial charge on any atom is 0.118 e. The summed E-state index contributed by atoms with van der Waals surface area (Å²) in [5, 5.41) is 0. The molecule has 1 unspecified atom stereocenters. The molecular formula is C22H29NO3S. The first-order valence-electron chi connectivity index (χ1n) is 8.93. The number of rotatable bonds is 10. The molecule has 0 saturated heterocycles. The van der Waals surface area contributed by atoms with Gasteiger partial charge in [0.15, 0.2) is 0 Å². The Morgan fingerprint density at radius 2 is 1.33 bits per heavy atom. The first-order valence-corrected chi connectivity index (χ1v) is 10.0. The minimum atomic E-state index is -1.18. The zero-order valence-corrected chi connectivity index (χ0v) is 17.4. The molecule has 1 atom stereocenters. The molecule has 4 nitrogen and oxygen atoms in total. The number of nitrogens with zero attached hydrogens (tertiary/aromatic N) is 1. The number of hydrogen-bond donors (Lipinski definition) is 0. The second-order valence-corrected chi connectivity index (χ2v) is 9.12. The van der Waals surface area contributed by atoms with E-state index in [9.17, 15) is 4.21 Å². The van der Waals surface area contributed by atoms with E-state index in [0.29, 0.717) is 19.5 Å². The quantitative estimate of drug-likeness (QED) is 0.554. The molecule has 0 aliphatic carbocycles. The Hall–Kier alpha value is -2.11. The van der Waals surface area contributed by atoms with Crippen molar-refractivity contribution in [3.05, 3.63) is 72.3 Å². The standard InChI is InChI=1S/C22H29NO3S/c1-6-15-22(2,3)27(24)23(16-18-7-11-20(25-4)12-8-18)17-19-9-13-21(26-5)14-10-19/h6-14H,1,15-17H2,2-5H3. The monoisotopic (exact) mass is 387 g/mol. The first-order chi connectivity index (χ1) is 12.9. The van der Waals surface area contributed by atoms with Gasteiger partial charge in [0.05, 0.1) is 19.0 Å². The van der Waals surface area contributed by atoms with E-state index in [-0.39, 0.29) is 4.75 Å². The van der Waals surface area contributed by atoms with Crippen molar-refractivity contribution in [2.75, 3.05) is 14.2 Å². The van der Waals surface area contributed by atoms with Crippen LogP contribution in [0.15, 0.2) is 61.2 Å². The third kappa shape index (κ3) is 5.94. The third-order valence-corrected chi connectivity index (χ3v) is 6.22. The van der Waals surface area contributed by atoms with Crippen molar-refractivity contribution in [2.45, 2.75) is 38.1 Å². The van der Waals surface area contributed by atoms with Gasteiger partial charge in [-0.1, -0.05) is 30.3 Å². The predicted molar refractivity (Wildman–Crippen MR) is 112 cm³/mol. The molecule has 0 aliphatic rings. The maximum absolute atomic E-state index is 13.3. The van der Waals surface area contributed by atoms with Crippen LogP contribution in [0.3, 0.4) is 0 Å². The van der Waals surface area contributed by atoms with Crippen molar-refractivity contribution in [3.8, 4) is 11.5 Å². The summed E-state index contributed by atoms with van der Waals surface area (Å²) in [6.45, 7) is 9.01. The van der Waals surface area contributed by atoms with Gasteiger partial charge in [-0.15, -0.1) is 6.58 Å². The van der Waals surface area contributed by atoms with Crippen LogP contribution < -0.4 is 9.47 Å². The average Bonchev–Trinajstić information content (AvgIpc) is 2.68. The number of methoxy groups -OCH3 is 2. The number of ether oxygens (including phenoxy) is 2. The zero-order chi connectivity index (χ0) is 19.9. The molecule has 0 aliphatic heterocycles. The van der Waals surface area contributed by atoms with Gasteiger partial charge in [0.2, 0.25) is 0 Å². The van der Waals surface area contributed by atoms with Crippen molar-refractivity contribution >= 4 is 11.0 Å². The van der Waals surface area contributed by atoms with Gasteiger partial charge in [0.25, 0.3) is 0 Å². The molecule has 2 aromatic rings. The van der Waals surface area contributed by atoms with E-state index in [4.69, 9.17) is 9.47 Å². The Labute approximate surface area is 165 Å². The van der Waals surface area contributed by atoms with E-state index < -0.39 is 11.0 Å². The van der Waals surface area contributed by atoms with Gasteiger partial charge in [-0.25, -0.2) is 8.51 Å². The van der Waals surface area contributed by atoms with Crippen LogP contribution >= 0.6 is 0 Å². The van der Waals surface area contributed by atoms with Gasteiger partial charge in [-0.2, -0.15) is 0 Å². The van der Waals surface area contributed by atoms with Crippen LogP contribution in [0.5, 0.6) is 11.5 Å². The summed E-state index contributed by atoms with van der Waals surface area (Å²) >= 11 is 0. The molecule has 27 heavy (non-hydrogen) atoms. The van der Waals surface area contributed by atoms with Crippen LogP contribution in [0.2, 0.25) is 0 Å². The van der Waals surface area contributed by atoms with Gasteiger partial charge < -0.3 is 9.47 Å². The highest BCUT2D eigenvalue weighted by Gasteiger charge is 2.30. The van der Waals surface area contributed by atoms with Gasteiger partial charge in [-0.3, -0.25) is 0 Å². The van der Waals surface area contributed by atoms with Gasteiger partial charge >= 0.3 is 0 Å². The van der Waals surface area contributed by atoms with Crippen molar-refractivity contribution < 1.29 is 13.7 Å². The molecule has 0 fully saturated rings. The Bertz CT molecular complexity index is 705. The van der Waals surface area contributed by atoms with E-state index in [0.717, 1.165) is 22.6 Å². The minimum absolute atomic E-state index is 0.388. The Balaban J connectivity index is 2.25. The van der Waals surface area contributed by atoms with E-state index in [1.165, 1.54) is 0 Å². The van der Waals surface area contributed by atoms with Gasteiger partial charge in [-0.05, 0) is 55.7 Å². The SMILES string of the molecule is C=CCC(C)(C)S(=O)N(Cc1ccc(OC)cc1)Cc1ccc(OC)cc1. The molecule has 0 bridgehead atoms. The summed E-state index contributed by atoms with van der Waals surface area (Å²) in [6.07, 6.45) is 2.51. The van der Waals surface area contributed by atoms with Crippen molar-refractivity contribution in [3.63, 3.8) is 0 Å². The molecule has 2 rings (SSSR count). The van der Waals surface area contributed by atoms with Crippen LogP contribution in [0, 0.1) is 0 Å². The molecule has 0 N–H and O–H groups in total. The van der Waals surface area contributed by atoms with E-state index in [1.54, 1.807) is 14.2 Å². The summed E-state index contributed by atoms with van der Waals surface area (Å²) in [7, 11) is 2.12. The van der Waals surface area contributed by atoms with E-state index >= 15 is 0 Å². The largest absolute Gasteiger partial charge is 0.497 e. The maximum atomic E-state index is 13.3. The van der Waals surface area contributed by atoms with Gasteiger partial charge in [0.1, 0.15) is 22.5 Å². The van der Waals surface area contributed by atoms with Crippen LogP contribution in [0.4, 0.5) is 0 Å². The molecule has 2 aromatic carbocycles. The fourth-order valence-electron chi connectivity index (χ4n) is 2.81. The number of hydrogen-bond acceptors (Lipinski definition) is 3. The lowest BCUT2D eigenvalue weighted by atomic mass is 10.1. The molecule has 146 valence electrons. The Morgan fingerprint density at radius 3 is 1.67 bits per heavy atom. The fraction of sp³-hybridized carbons (Fsp3) is 0.364. The molecule has 0 radical (unpaired) electrons. The van der Waals surface area contributed by atoms with E-state index in [2.05, 4.69) is 6.58 Å². The fourth-order valence-corrected chi connectivity index (χ4v) is 4.30. The first kappa shape index (κ1) is 21.2. The molecule has 0 spiro atoms. The second-order valence-electron chi connectivity index (χ2n) is 7.00. The van der Waals surface area contributed by atoms with Crippen LogP contribution in [-0.2, 0) is 24.1 Å². The third-order valence-electron chi connectivity index (χ3n) is 4.38. The van der Waals surface area contributed by atoms with Crippen molar-refractivity contribution in [2.24, 2.45) is 0 Å². The van der Waals surface area contributed by atoms with Crippen LogP contribution in [0.25, 0.3) is 0 Å².